The van der Waals surface area contributed by atoms with Crippen molar-refractivity contribution in [1.29, 1.82) is 0 Å². The molecule has 8 heteroatoms. The molecule has 0 aliphatic carbocycles. The number of aromatic nitrogens is 1. The normalized spacial score (nSPS) is 12.0. The molecule has 1 amide bonds. The topological polar surface area (TPSA) is 90.5 Å². The Balaban J connectivity index is 1.67. The zero-order valence-electron chi connectivity index (χ0n) is 14.1. The molecule has 3 rings (SSSR count). The summed E-state index contributed by atoms with van der Waals surface area (Å²) >= 11 is 1.45. The van der Waals surface area contributed by atoms with Gasteiger partial charge in [-0.1, -0.05) is 18.2 Å². The summed E-state index contributed by atoms with van der Waals surface area (Å²) < 4.78 is 11.3. The van der Waals surface area contributed by atoms with E-state index in [0.717, 1.165) is 4.88 Å². The van der Waals surface area contributed by atoms with Gasteiger partial charge in [0.15, 0.2) is 5.58 Å². The lowest BCUT2D eigenvalue weighted by Gasteiger charge is -2.16. The number of para-hydroxylation sites is 2. The van der Waals surface area contributed by atoms with E-state index in [1.807, 2.05) is 17.5 Å². The summed E-state index contributed by atoms with van der Waals surface area (Å²) in [4.78, 5) is 36.8. The Kier molecular flexibility index (Phi) is 5.52. The molecule has 0 aliphatic heterocycles. The number of oxazole rings is 1. The monoisotopic (exact) mass is 374 g/mol. The van der Waals surface area contributed by atoms with Crippen molar-refractivity contribution in [3.8, 4) is 0 Å². The van der Waals surface area contributed by atoms with E-state index in [4.69, 9.17) is 9.15 Å². The van der Waals surface area contributed by atoms with Gasteiger partial charge in [0.2, 0.25) is 5.91 Å². The second-order valence-electron chi connectivity index (χ2n) is 5.65. The van der Waals surface area contributed by atoms with E-state index in [-0.39, 0.29) is 25.3 Å². The Bertz CT molecular complexity index is 958. The van der Waals surface area contributed by atoms with Crippen molar-refractivity contribution in [1.82, 2.24) is 9.88 Å². The zero-order valence-corrected chi connectivity index (χ0v) is 15.0. The van der Waals surface area contributed by atoms with Crippen molar-refractivity contribution in [2.45, 2.75) is 25.4 Å². The van der Waals surface area contributed by atoms with Crippen LogP contribution < -0.4 is 11.1 Å². The maximum atomic E-state index is 12.4. The molecule has 136 valence electrons. The number of nitrogens with zero attached hydrogens (tertiary/aromatic N) is 1. The molecule has 0 unspecified atom stereocenters. The van der Waals surface area contributed by atoms with E-state index in [2.05, 4.69) is 5.32 Å². The van der Waals surface area contributed by atoms with Gasteiger partial charge in [-0.05, 0) is 23.6 Å². The van der Waals surface area contributed by atoms with Crippen LogP contribution >= 0.6 is 11.3 Å². The molecular formula is C18H18N2O5S. The Morgan fingerprint density at radius 1 is 1.27 bits per heavy atom. The number of aryl methyl sites for hydroxylation is 1. The van der Waals surface area contributed by atoms with Crippen LogP contribution in [-0.2, 0) is 20.9 Å². The number of benzene rings is 1. The molecule has 0 saturated heterocycles. The predicted molar refractivity (Wildman–Crippen MR) is 96.9 cm³/mol. The lowest BCUT2D eigenvalue weighted by Crippen LogP contribution is -2.31. The van der Waals surface area contributed by atoms with Crippen LogP contribution in [0, 0.1) is 0 Å². The number of methoxy groups -OCH3 is 1. The van der Waals surface area contributed by atoms with Gasteiger partial charge in [-0.2, -0.15) is 0 Å². The number of esters is 1. The number of thiophene rings is 1. The summed E-state index contributed by atoms with van der Waals surface area (Å²) in [6, 6.07) is 10.3. The van der Waals surface area contributed by atoms with E-state index >= 15 is 0 Å². The Labute approximate surface area is 153 Å². The highest BCUT2D eigenvalue weighted by atomic mass is 32.1. The van der Waals surface area contributed by atoms with E-state index in [9.17, 15) is 14.4 Å². The van der Waals surface area contributed by atoms with Crippen molar-refractivity contribution in [3.63, 3.8) is 0 Å². The minimum absolute atomic E-state index is 0.0529. The van der Waals surface area contributed by atoms with Gasteiger partial charge in [-0.3, -0.25) is 14.2 Å². The van der Waals surface area contributed by atoms with Crippen LogP contribution in [0.1, 0.15) is 23.8 Å². The Hall–Kier alpha value is -2.87. The fourth-order valence-corrected chi connectivity index (χ4v) is 3.45. The molecule has 0 spiro atoms. The van der Waals surface area contributed by atoms with Crippen LogP contribution in [-0.4, -0.2) is 23.6 Å². The van der Waals surface area contributed by atoms with Gasteiger partial charge in [-0.15, -0.1) is 11.3 Å². The summed E-state index contributed by atoms with van der Waals surface area (Å²) in [5.41, 5.74) is 1.13. The number of amides is 1. The first-order chi connectivity index (χ1) is 12.6. The lowest BCUT2D eigenvalue weighted by molar-refractivity contribution is -0.141. The van der Waals surface area contributed by atoms with Gasteiger partial charge in [-0.25, -0.2) is 4.79 Å². The molecule has 0 saturated carbocycles. The van der Waals surface area contributed by atoms with Crippen molar-refractivity contribution in [2.24, 2.45) is 0 Å². The van der Waals surface area contributed by atoms with Crippen LogP contribution in [0.15, 0.2) is 51.0 Å². The Morgan fingerprint density at radius 2 is 2.08 bits per heavy atom. The molecule has 0 radical (unpaired) electrons. The average molecular weight is 374 g/mol. The molecule has 7 nitrogen and oxygen atoms in total. The summed E-state index contributed by atoms with van der Waals surface area (Å²) in [6.07, 6.45) is 0.143. The first-order valence-electron chi connectivity index (χ1n) is 8.06. The van der Waals surface area contributed by atoms with Gasteiger partial charge in [0.05, 0.1) is 25.1 Å². The van der Waals surface area contributed by atoms with Crippen molar-refractivity contribution in [3.05, 3.63) is 57.2 Å². The standard InChI is InChI=1S/C18H18N2O5S/c1-24-17(22)11-12(15-7-4-10-26-15)19-16(21)8-9-20-13-5-2-3-6-14(13)25-18(20)23/h2-7,10,12H,8-9,11H2,1H3,(H,19,21)/t12-/m1/s1. The van der Waals surface area contributed by atoms with E-state index in [1.165, 1.54) is 23.0 Å². The third-order valence-corrected chi connectivity index (χ3v) is 4.94. The highest BCUT2D eigenvalue weighted by Crippen LogP contribution is 2.22. The number of hydrogen-bond acceptors (Lipinski definition) is 6. The molecular weight excluding hydrogens is 356 g/mol. The molecule has 0 aliphatic rings. The molecule has 3 aromatic rings. The highest BCUT2D eigenvalue weighted by molar-refractivity contribution is 7.10. The van der Waals surface area contributed by atoms with Gasteiger partial charge in [0.25, 0.3) is 0 Å². The molecule has 1 atom stereocenters. The van der Waals surface area contributed by atoms with Gasteiger partial charge in [0, 0.05) is 17.8 Å². The summed E-state index contributed by atoms with van der Waals surface area (Å²) in [5.74, 6) is -1.16. The number of carbonyl (C=O) groups is 2. The minimum atomic E-state index is -0.497. The molecule has 26 heavy (non-hydrogen) atoms. The zero-order chi connectivity index (χ0) is 18.5. The quantitative estimate of drug-likeness (QED) is 0.642. The number of nitrogens with one attached hydrogen (secondary N) is 1. The fraction of sp³-hybridized carbons (Fsp3) is 0.278. The van der Waals surface area contributed by atoms with Crippen molar-refractivity contribution >= 4 is 34.3 Å². The number of carbonyl (C=O) groups excluding carboxylic acids is 2. The second kappa shape index (κ2) is 8.01. The predicted octanol–water partition coefficient (Wildman–Crippen LogP) is 2.47. The maximum absolute atomic E-state index is 12.4. The maximum Gasteiger partial charge on any atom is 0.419 e. The number of rotatable bonds is 7. The Morgan fingerprint density at radius 3 is 2.81 bits per heavy atom. The SMILES string of the molecule is COC(=O)C[C@@H](NC(=O)CCn1c(=O)oc2ccccc21)c1cccs1. The van der Waals surface area contributed by atoms with E-state index < -0.39 is 17.8 Å². The molecule has 2 aromatic heterocycles. The third kappa shape index (κ3) is 4.02. The number of fused-ring (bicyclic) bond motifs is 1. The molecule has 0 bridgehead atoms. The second-order valence-corrected chi connectivity index (χ2v) is 6.63. The minimum Gasteiger partial charge on any atom is -0.469 e. The van der Waals surface area contributed by atoms with Crippen LogP contribution in [0.4, 0.5) is 0 Å². The lowest BCUT2D eigenvalue weighted by atomic mass is 10.1. The molecule has 1 N–H and O–H groups in total. The average Bonchev–Trinajstić information content (AvgIpc) is 3.26. The number of hydrogen-bond donors (Lipinski definition) is 1. The molecule has 2 heterocycles. The van der Waals surface area contributed by atoms with Crippen LogP contribution in [0.25, 0.3) is 11.1 Å². The molecule has 0 fully saturated rings. The summed E-state index contributed by atoms with van der Waals surface area (Å²) in [7, 11) is 1.31. The van der Waals surface area contributed by atoms with E-state index in [0.29, 0.717) is 11.1 Å². The summed E-state index contributed by atoms with van der Waals surface area (Å²) in [6.45, 7) is 0.192. The van der Waals surface area contributed by atoms with Crippen LogP contribution in [0.5, 0.6) is 0 Å². The van der Waals surface area contributed by atoms with Gasteiger partial charge in [0.1, 0.15) is 0 Å². The fourth-order valence-electron chi connectivity index (χ4n) is 2.67. The largest absolute Gasteiger partial charge is 0.469 e. The van der Waals surface area contributed by atoms with Crippen LogP contribution in [0.3, 0.4) is 0 Å². The first kappa shape index (κ1) is 17.9. The van der Waals surface area contributed by atoms with Gasteiger partial charge >= 0.3 is 11.7 Å². The summed E-state index contributed by atoms with van der Waals surface area (Å²) in [5, 5.41) is 4.72. The van der Waals surface area contributed by atoms with Gasteiger partial charge < -0.3 is 14.5 Å². The van der Waals surface area contributed by atoms with Crippen molar-refractivity contribution in [2.75, 3.05) is 7.11 Å². The highest BCUT2D eigenvalue weighted by Gasteiger charge is 2.20. The third-order valence-electron chi connectivity index (χ3n) is 3.96. The van der Waals surface area contributed by atoms with Crippen LogP contribution in [0.2, 0.25) is 0 Å². The molecule has 1 aromatic carbocycles. The first-order valence-corrected chi connectivity index (χ1v) is 8.94. The number of ether oxygens (including phenoxy) is 1. The van der Waals surface area contributed by atoms with E-state index in [1.54, 1.807) is 24.3 Å². The smallest absolute Gasteiger partial charge is 0.419 e. The van der Waals surface area contributed by atoms with Crippen molar-refractivity contribution < 1.29 is 18.7 Å².